The van der Waals surface area contributed by atoms with E-state index >= 15 is 0 Å². The molecule has 1 aromatic carbocycles. The first-order valence-electron chi connectivity index (χ1n) is 7.40. The number of aromatic amines is 1. The number of carbonyl (C=O) groups is 2. The first kappa shape index (κ1) is 16.5. The van der Waals surface area contributed by atoms with E-state index in [-0.39, 0.29) is 12.5 Å². The summed E-state index contributed by atoms with van der Waals surface area (Å²) in [6.07, 6.45) is 0. The third kappa shape index (κ3) is 4.13. The van der Waals surface area contributed by atoms with E-state index in [1.807, 2.05) is 17.5 Å². The highest BCUT2D eigenvalue weighted by Gasteiger charge is 2.10. The second-order valence-corrected chi connectivity index (χ2v) is 6.02. The van der Waals surface area contributed by atoms with Crippen LogP contribution in [0.1, 0.15) is 26.4 Å². The van der Waals surface area contributed by atoms with Crippen LogP contribution in [0.25, 0.3) is 10.6 Å². The number of amides is 2. The van der Waals surface area contributed by atoms with Crippen LogP contribution in [0, 0.1) is 11.8 Å². The van der Waals surface area contributed by atoms with Gasteiger partial charge in [-0.3, -0.25) is 14.7 Å². The van der Waals surface area contributed by atoms with Gasteiger partial charge in [0.25, 0.3) is 5.91 Å². The molecule has 0 atom stereocenters. The summed E-state index contributed by atoms with van der Waals surface area (Å²) in [4.78, 5) is 24.1. The third-order valence-electron chi connectivity index (χ3n) is 3.34. The summed E-state index contributed by atoms with van der Waals surface area (Å²) in [5.74, 6) is 4.98. The average Bonchev–Trinajstić information content (AvgIpc) is 3.29. The summed E-state index contributed by atoms with van der Waals surface area (Å²) in [5.41, 5.74) is 7.46. The molecule has 124 valence electrons. The van der Waals surface area contributed by atoms with Crippen molar-refractivity contribution < 1.29 is 9.59 Å². The van der Waals surface area contributed by atoms with E-state index in [2.05, 4.69) is 27.4 Å². The van der Waals surface area contributed by atoms with Gasteiger partial charge in [-0.1, -0.05) is 17.9 Å². The van der Waals surface area contributed by atoms with Crippen LogP contribution in [0.2, 0.25) is 0 Å². The Balaban J connectivity index is 1.55. The zero-order valence-corrected chi connectivity index (χ0v) is 13.9. The molecule has 0 aliphatic heterocycles. The number of hydrogen-bond donors (Lipinski definition) is 3. The zero-order chi connectivity index (χ0) is 17.6. The van der Waals surface area contributed by atoms with Gasteiger partial charge in [-0.15, -0.1) is 11.3 Å². The predicted molar refractivity (Wildman–Crippen MR) is 96.1 cm³/mol. The third-order valence-corrected chi connectivity index (χ3v) is 4.24. The molecule has 6 nitrogen and oxygen atoms in total. The predicted octanol–water partition coefficient (Wildman–Crippen LogP) is 2.02. The summed E-state index contributed by atoms with van der Waals surface area (Å²) in [6, 6.07) is 12.2. The highest BCUT2D eigenvalue weighted by molar-refractivity contribution is 7.13. The van der Waals surface area contributed by atoms with Gasteiger partial charge in [-0.25, -0.2) is 0 Å². The van der Waals surface area contributed by atoms with E-state index in [9.17, 15) is 9.59 Å². The highest BCUT2D eigenvalue weighted by Crippen LogP contribution is 2.22. The number of hydrogen-bond acceptors (Lipinski definition) is 4. The minimum atomic E-state index is -0.479. The van der Waals surface area contributed by atoms with Crippen molar-refractivity contribution in [2.24, 2.45) is 5.73 Å². The summed E-state index contributed by atoms with van der Waals surface area (Å²) in [5, 5.41) is 11.5. The lowest BCUT2D eigenvalue weighted by atomic mass is 10.1. The molecule has 0 saturated heterocycles. The van der Waals surface area contributed by atoms with Crippen LogP contribution in [0.3, 0.4) is 0 Å². The lowest BCUT2D eigenvalue weighted by Crippen LogP contribution is -2.23. The van der Waals surface area contributed by atoms with Crippen LogP contribution < -0.4 is 11.1 Å². The van der Waals surface area contributed by atoms with Gasteiger partial charge in [0.1, 0.15) is 0 Å². The van der Waals surface area contributed by atoms with E-state index in [4.69, 9.17) is 5.73 Å². The van der Waals surface area contributed by atoms with Crippen molar-refractivity contribution in [2.75, 3.05) is 6.54 Å². The van der Waals surface area contributed by atoms with Crippen molar-refractivity contribution in [2.45, 2.75) is 0 Å². The highest BCUT2D eigenvalue weighted by atomic mass is 32.1. The fraction of sp³-hybridized carbons (Fsp3) is 0.0556. The average molecular weight is 350 g/mol. The quantitative estimate of drug-likeness (QED) is 0.628. The summed E-state index contributed by atoms with van der Waals surface area (Å²) in [7, 11) is 0. The standard InChI is InChI=1S/C18H14N4O2S/c19-17(23)13-7-5-12(6-8-13)3-1-9-20-18(24)15-11-14(21-22-15)16-4-2-10-25-16/h2,4-8,10-11H,9H2,(H2,19,23)(H,20,24)(H,21,22). The molecule has 0 aliphatic carbocycles. The number of nitrogens with one attached hydrogen (secondary N) is 2. The number of aromatic nitrogens is 2. The van der Waals surface area contributed by atoms with Crippen LogP contribution in [-0.2, 0) is 0 Å². The minimum absolute atomic E-state index is 0.192. The number of benzene rings is 1. The van der Waals surface area contributed by atoms with E-state index in [1.165, 1.54) is 0 Å². The van der Waals surface area contributed by atoms with Gasteiger partial charge in [0, 0.05) is 11.1 Å². The molecule has 2 amide bonds. The molecule has 0 bridgehead atoms. The number of H-pyrrole nitrogens is 1. The molecule has 7 heteroatoms. The van der Waals surface area contributed by atoms with E-state index in [0.717, 1.165) is 16.1 Å². The number of nitrogens with zero attached hydrogens (tertiary/aromatic N) is 1. The molecule has 3 aromatic rings. The molecule has 2 heterocycles. The molecular formula is C18H14N4O2S. The Labute approximate surface area is 148 Å². The van der Waals surface area contributed by atoms with Crippen LogP contribution in [0.4, 0.5) is 0 Å². The summed E-state index contributed by atoms with van der Waals surface area (Å²) < 4.78 is 0. The smallest absolute Gasteiger partial charge is 0.272 e. The van der Waals surface area contributed by atoms with Crippen molar-refractivity contribution in [1.29, 1.82) is 0 Å². The molecule has 0 spiro atoms. The second kappa shape index (κ2) is 7.47. The van der Waals surface area contributed by atoms with Gasteiger partial charge in [0.2, 0.25) is 5.91 Å². The largest absolute Gasteiger partial charge is 0.366 e. The fourth-order valence-corrected chi connectivity index (χ4v) is 2.77. The van der Waals surface area contributed by atoms with Crippen molar-refractivity contribution in [1.82, 2.24) is 15.5 Å². The zero-order valence-electron chi connectivity index (χ0n) is 13.1. The SMILES string of the molecule is NC(=O)c1ccc(C#CCNC(=O)c2cc(-c3cccs3)[nH]n2)cc1. The van der Waals surface area contributed by atoms with Gasteiger partial charge >= 0.3 is 0 Å². The first-order chi connectivity index (χ1) is 12.1. The Hall–Kier alpha value is -3.37. The Morgan fingerprint density at radius 3 is 2.72 bits per heavy atom. The lowest BCUT2D eigenvalue weighted by molar-refractivity contribution is 0.0952. The van der Waals surface area contributed by atoms with Crippen LogP contribution in [0.15, 0.2) is 47.8 Å². The van der Waals surface area contributed by atoms with Crippen molar-refractivity contribution >= 4 is 23.2 Å². The summed E-state index contributed by atoms with van der Waals surface area (Å²) in [6.45, 7) is 0.192. The Morgan fingerprint density at radius 2 is 2.04 bits per heavy atom. The van der Waals surface area contributed by atoms with E-state index in [1.54, 1.807) is 41.7 Å². The molecule has 0 radical (unpaired) electrons. The molecule has 0 saturated carbocycles. The van der Waals surface area contributed by atoms with Crippen LogP contribution >= 0.6 is 11.3 Å². The van der Waals surface area contributed by atoms with Crippen molar-refractivity contribution in [3.63, 3.8) is 0 Å². The fourth-order valence-electron chi connectivity index (χ4n) is 2.08. The monoisotopic (exact) mass is 350 g/mol. The molecular weight excluding hydrogens is 336 g/mol. The first-order valence-corrected chi connectivity index (χ1v) is 8.27. The number of thiophene rings is 1. The summed E-state index contributed by atoms with van der Waals surface area (Å²) >= 11 is 1.57. The van der Waals surface area contributed by atoms with Gasteiger partial charge in [-0.2, -0.15) is 5.10 Å². The maximum Gasteiger partial charge on any atom is 0.272 e. The molecule has 0 aliphatic rings. The maximum atomic E-state index is 12.0. The Bertz CT molecular complexity index is 947. The number of nitrogens with two attached hydrogens (primary N) is 1. The minimum Gasteiger partial charge on any atom is -0.366 e. The number of rotatable bonds is 4. The normalized spacial score (nSPS) is 9.92. The topological polar surface area (TPSA) is 101 Å². The molecule has 2 aromatic heterocycles. The molecule has 0 unspecified atom stereocenters. The van der Waals surface area contributed by atoms with E-state index in [0.29, 0.717) is 11.3 Å². The molecule has 25 heavy (non-hydrogen) atoms. The van der Waals surface area contributed by atoms with Crippen LogP contribution in [-0.4, -0.2) is 28.6 Å². The maximum absolute atomic E-state index is 12.0. The van der Waals surface area contributed by atoms with Crippen molar-refractivity contribution in [3.05, 3.63) is 64.7 Å². The van der Waals surface area contributed by atoms with E-state index < -0.39 is 5.91 Å². The molecule has 4 N–H and O–H groups in total. The molecule has 3 rings (SSSR count). The van der Waals surface area contributed by atoms with Gasteiger partial charge in [-0.05, 0) is 41.8 Å². The molecule has 0 fully saturated rings. The van der Waals surface area contributed by atoms with Gasteiger partial charge in [0.05, 0.1) is 17.1 Å². The van der Waals surface area contributed by atoms with Crippen LogP contribution in [0.5, 0.6) is 0 Å². The number of carbonyl (C=O) groups excluding carboxylic acids is 2. The lowest BCUT2D eigenvalue weighted by Gasteiger charge is -1.96. The Kier molecular flexibility index (Phi) is 4.92. The second-order valence-electron chi connectivity index (χ2n) is 5.07. The van der Waals surface area contributed by atoms with Crippen molar-refractivity contribution in [3.8, 4) is 22.4 Å². The van der Waals surface area contributed by atoms with Gasteiger partial charge in [0.15, 0.2) is 5.69 Å². The Morgan fingerprint density at radius 1 is 1.24 bits per heavy atom. The number of primary amides is 1. The van der Waals surface area contributed by atoms with Gasteiger partial charge < -0.3 is 11.1 Å².